The van der Waals surface area contributed by atoms with Gasteiger partial charge < -0.3 is 10.1 Å². The van der Waals surface area contributed by atoms with Gasteiger partial charge in [-0.2, -0.15) is 0 Å². The molecule has 0 saturated carbocycles. The molecule has 2 aromatic rings. The van der Waals surface area contributed by atoms with Crippen molar-refractivity contribution in [3.8, 4) is 5.75 Å². The van der Waals surface area contributed by atoms with Crippen LogP contribution in [0.1, 0.15) is 11.1 Å². The van der Waals surface area contributed by atoms with Gasteiger partial charge in [0, 0.05) is 25.5 Å². The van der Waals surface area contributed by atoms with E-state index in [9.17, 15) is 0 Å². The molecule has 2 rings (SSSR count). The zero-order valence-corrected chi connectivity index (χ0v) is 12.5. The standard InChI is InChI=1S/C15H17BrN2O/c1-12-4-5-15(14(16)9-12)19-8-7-18-11-13-3-2-6-17-10-13/h2-6,9-10,18H,7-8,11H2,1H3. The minimum absolute atomic E-state index is 0.641. The third-order valence-corrected chi connectivity index (χ3v) is 3.30. The molecule has 1 aromatic heterocycles. The van der Waals surface area contributed by atoms with E-state index in [0.29, 0.717) is 6.61 Å². The molecule has 100 valence electrons. The average molecular weight is 321 g/mol. The van der Waals surface area contributed by atoms with E-state index in [0.717, 1.165) is 23.3 Å². The Labute approximate surface area is 122 Å². The lowest BCUT2D eigenvalue weighted by molar-refractivity contribution is 0.312. The van der Waals surface area contributed by atoms with Crippen LogP contribution in [-0.4, -0.2) is 18.1 Å². The number of benzene rings is 1. The largest absolute Gasteiger partial charge is 0.491 e. The van der Waals surface area contributed by atoms with Crippen molar-refractivity contribution in [1.29, 1.82) is 0 Å². The third-order valence-electron chi connectivity index (χ3n) is 2.68. The molecule has 0 aliphatic rings. The second-order valence-electron chi connectivity index (χ2n) is 4.32. The van der Waals surface area contributed by atoms with Crippen LogP contribution in [0, 0.1) is 6.92 Å². The van der Waals surface area contributed by atoms with Crippen LogP contribution in [-0.2, 0) is 6.54 Å². The quantitative estimate of drug-likeness (QED) is 0.829. The highest BCUT2D eigenvalue weighted by Gasteiger charge is 2.00. The fourth-order valence-corrected chi connectivity index (χ4v) is 2.30. The number of hydrogen-bond acceptors (Lipinski definition) is 3. The molecule has 1 N–H and O–H groups in total. The highest BCUT2D eigenvalue weighted by atomic mass is 79.9. The Hall–Kier alpha value is -1.39. The van der Waals surface area contributed by atoms with Crippen molar-refractivity contribution >= 4 is 15.9 Å². The first-order chi connectivity index (χ1) is 9.25. The lowest BCUT2D eigenvalue weighted by Crippen LogP contribution is -2.20. The summed E-state index contributed by atoms with van der Waals surface area (Å²) >= 11 is 3.50. The number of ether oxygens (including phenoxy) is 1. The second-order valence-corrected chi connectivity index (χ2v) is 5.17. The van der Waals surface area contributed by atoms with E-state index in [2.05, 4.69) is 45.3 Å². The highest BCUT2D eigenvalue weighted by molar-refractivity contribution is 9.10. The molecule has 19 heavy (non-hydrogen) atoms. The first kappa shape index (κ1) is 14.0. The van der Waals surface area contributed by atoms with Crippen LogP contribution in [0.3, 0.4) is 0 Å². The molecule has 0 aliphatic carbocycles. The van der Waals surface area contributed by atoms with Crippen LogP contribution in [0.15, 0.2) is 47.2 Å². The average Bonchev–Trinajstić information content (AvgIpc) is 2.42. The van der Waals surface area contributed by atoms with Crippen molar-refractivity contribution < 1.29 is 4.74 Å². The topological polar surface area (TPSA) is 34.1 Å². The molecule has 4 heteroatoms. The van der Waals surface area contributed by atoms with Gasteiger partial charge in [0.25, 0.3) is 0 Å². The van der Waals surface area contributed by atoms with Crippen LogP contribution in [0.2, 0.25) is 0 Å². The van der Waals surface area contributed by atoms with Gasteiger partial charge >= 0.3 is 0 Å². The predicted octanol–water partition coefficient (Wildman–Crippen LogP) is 3.32. The van der Waals surface area contributed by atoms with Crippen LogP contribution >= 0.6 is 15.9 Å². The number of pyridine rings is 1. The molecule has 0 atom stereocenters. The van der Waals surface area contributed by atoms with Gasteiger partial charge in [-0.05, 0) is 52.2 Å². The normalized spacial score (nSPS) is 10.4. The Bertz CT molecular complexity index is 517. The van der Waals surface area contributed by atoms with Crippen LogP contribution in [0.25, 0.3) is 0 Å². The second kappa shape index (κ2) is 7.26. The van der Waals surface area contributed by atoms with Gasteiger partial charge in [0.1, 0.15) is 12.4 Å². The molecular weight excluding hydrogens is 304 g/mol. The van der Waals surface area contributed by atoms with Gasteiger partial charge in [-0.1, -0.05) is 12.1 Å². The van der Waals surface area contributed by atoms with Crippen LogP contribution in [0.4, 0.5) is 0 Å². The summed E-state index contributed by atoms with van der Waals surface area (Å²) in [5.74, 6) is 0.883. The number of aromatic nitrogens is 1. The molecule has 0 amide bonds. The summed E-state index contributed by atoms with van der Waals surface area (Å²) in [6, 6.07) is 10.1. The summed E-state index contributed by atoms with van der Waals surface area (Å²) in [4.78, 5) is 4.07. The number of hydrogen-bond donors (Lipinski definition) is 1. The van der Waals surface area contributed by atoms with E-state index in [1.54, 1.807) is 6.20 Å². The Morgan fingerprint density at radius 2 is 2.21 bits per heavy atom. The van der Waals surface area contributed by atoms with Crippen molar-refractivity contribution in [1.82, 2.24) is 10.3 Å². The molecule has 1 heterocycles. The van der Waals surface area contributed by atoms with Gasteiger partial charge in [-0.3, -0.25) is 4.98 Å². The SMILES string of the molecule is Cc1ccc(OCCNCc2cccnc2)c(Br)c1. The minimum atomic E-state index is 0.641. The molecule has 3 nitrogen and oxygen atoms in total. The number of aryl methyl sites for hydroxylation is 1. The lowest BCUT2D eigenvalue weighted by Gasteiger charge is -2.09. The summed E-state index contributed by atoms with van der Waals surface area (Å²) in [5, 5.41) is 3.32. The molecule has 0 spiro atoms. The zero-order valence-electron chi connectivity index (χ0n) is 10.9. The lowest BCUT2D eigenvalue weighted by atomic mass is 10.2. The van der Waals surface area contributed by atoms with E-state index in [4.69, 9.17) is 4.74 Å². The van der Waals surface area contributed by atoms with E-state index in [-0.39, 0.29) is 0 Å². The van der Waals surface area contributed by atoms with Gasteiger partial charge in [-0.15, -0.1) is 0 Å². The smallest absolute Gasteiger partial charge is 0.133 e. The van der Waals surface area contributed by atoms with Crippen molar-refractivity contribution in [2.45, 2.75) is 13.5 Å². The van der Waals surface area contributed by atoms with Gasteiger partial charge in [0.2, 0.25) is 0 Å². The Kier molecular flexibility index (Phi) is 5.36. The Morgan fingerprint density at radius 3 is 2.95 bits per heavy atom. The van der Waals surface area contributed by atoms with E-state index >= 15 is 0 Å². The maximum Gasteiger partial charge on any atom is 0.133 e. The summed E-state index contributed by atoms with van der Waals surface area (Å²) in [6.45, 7) is 4.31. The molecule has 1 aromatic carbocycles. The summed E-state index contributed by atoms with van der Waals surface area (Å²) < 4.78 is 6.70. The zero-order chi connectivity index (χ0) is 13.5. The van der Waals surface area contributed by atoms with Gasteiger partial charge in [-0.25, -0.2) is 0 Å². The number of halogens is 1. The molecule has 0 saturated heterocycles. The molecule has 0 unspecified atom stereocenters. The predicted molar refractivity (Wildman–Crippen MR) is 80.3 cm³/mol. The fourth-order valence-electron chi connectivity index (χ4n) is 1.69. The van der Waals surface area contributed by atoms with Gasteiger partial charge in [0.05, 0.1) is 4.47 Å². The number of nitrogens with zero attached hydrogens (tertiary/aromatic N) is 1. The van der Waals surface area contributed by atoms with Gasteiger partial charge in [0.15, 0.2) is 0 Å². The van der Waals surface area contributed by atoms with Crippen molar-refractivity contribution in [3.05, 3.63) is 58.3 Å². The summed E-state index contributed by atoms with van der Waals surface area (Å²) in [7, 11) is 0. The summed E-state index contributed by atoms with van der Waals surface area (Å²) in [5.41, 5.74) is 2.40. The van der Waals surface area contributed by atoms with E-state index in [1.807, 2.05) is 24.4 Å². The third kappa shape index (κ3) is 4.65. The molecule has 0 fully saturated rings. The van der Waals surface area contributed by atoms with E-state index in [1.165, 1.54) is 11.1 Å². The van der Waals surface area contributed by atoms with Crippen molar-refractivity contribution in [2.75, 3.05) is 13.2 Å². The van der Waals surface area contributed by atoms with Crippen molar-refractivity contribution in [3.63, 3.8) is 0 Å². The van der Waals surface area contributed by atoms with Crippen molar-refractivity contribution in [2.24, 2.45) is 0 Å². The van der Waals surface area contributed by atoms with Crippen LogP contribution < -0.4 is 10.1 Å². The monoisotopic (exact) mass is 320 g/mol. The Balaban J connectivity index is 1.69. The van der Waals surface area contributed by atoms with E-state index < -0.39 is 0 Å². The highest BCUT2D eigenvalue weighted by Crippen LogP contribution is 2.25. The molecule has 0 radical (unpaired) electrons. The molecule has 0 bridgehead atoms. The minimum Gasteiger partial charge on any atom is -0.491 e. The Morgan fingerprint density at radius 1 is 1.32 bits per heavy atom. The van der Waals surface area contributed by atoms with Crippen LogP contribution in [0.5, 0.6) is 5.75 Å². The molecular formula is C15H17BrN2O. The maximum absolute atomic E-state index is 5.70. The first-order valence-corrected chi connectivity index (χ1v) is 7.03. The maximum atomic E-state index is 5.70. The fraction of sp³-hybridized carbons (Fsp3) is 0.267. The number of rotatable bonds is 6. The molecule has 0 aliphatic heterocycles. The summed E-state index contributed by atoms with van der Waals surface area (Å²) in [6.07, 6.45) is 3.64. The number of nitrogens with one attached hydrogen (secondary N) is 1. The first-order valence-electron chi connectivity index (χ1n) is 6.24.